The quantitative estimate of drug-likeness (QED) is 0.701. The van der Waals surface area contributed by atoms with E-state index in [4.69, 9.17) is 0 Å². The van der Waals surface area contributed by atoms with Gasteiger partial charge in [0.2, 0.25) is 15.9 Å². The molecule has 0 spiro atoms. The number of methoxy groups -OCH3 is 1. The van der Waals surface area contributed by atoms with Crippen LogP contribution in [0.2, 0.25) is 0 Å². The Bertz CT molecular complexity index is 968. The molecular formula is C19H23N3O5S. The van der Waals surface area contributed by atoms with Crippen LogP contribution < -0.4 is 5.32 Å². The molecule has 0 radical (unpaired) electrons. The van der Waals surface area contributed by atoms with Crippen molar-refractivity contribution < 1.29 is 22.7 Å². The molecule has 3 rings (SSSR count). The zero-order valence-electron chi connectivity index (χ0n) is 15.6. The minimum atomic E-state index is -3.59. The summed E-state index contributed by atoms with van der Waals surface area (Å²) in [7, 11) is -2.33. The fourth-order valence-corrected chi connectivity index (χ4v) is 4.56. The van der Waals surface area contributed by atoms with E-state index < -0.39 is 16.0 Å². The third-order valence-corrected chi connectivity index (χ3v) is 6.61. The summed E-state index contributed by atoms with van der Waals surface area (Å²) in [4.78, 5) is 25.1. The van der Waals surface area contributed by atoms with Gasteiger partial charge >= 0.3 is 5.97 Å². The highest BCUT2D eigenvalue weighted by molar-refractivity contribution is 7.89. The van der Waals surface area contributed by atoms with Crippen LogP contribution in [0.5, 0.6) is 0 Å². The van der Waals surface area contributed by atoms with Crippen molar-refractivity contribution in [1.82, 2.24) is 14.5 Å². The number of nitrogens with zero attached hydrogens (tertiary/aromatic N) is 2. The van der Waals surface area contributed by atoms with Gasteiger partial charge in [0.25, 0.3) is 0 Å². The van der Waals surface area contributed by atoms with Crippen molar-refractivity contribution in [2.24, 2.45) is 0 Å². The van der Waals surface area contributed by atoms with Crippen LogP contribution in [0.4, 0.5) is 0 Å². The molecule has 9 heteroatoms. The number of sulfonamides is 1. The number of piperazine rings is 1. The van der Waals surface area contributed by atoms with Crippen LogP contribution in [0.15, 0.2) is 47.4 Å². The Hall–Kier alpha value is -2.49. The molecule has 1 saturated heterocycles. The van der Waals surface area contributed by atoms with Crippen LogP contribution in [0.25, 0.3) is 10.8 Å². The maximum absolute atomic E-state index is 12.9. The van der Waals surface area contributed by atoms with Gasteiger partial charge in [0.1, 0.15) is 6.54 Å². The van der Waals surface area contributed by atoms with Crippen molar-refractivity contribution in [3.8, 4) is 0 Å². The zero-order chi connectivity index (χ0) is 20.1. The lowest BCUT2D eigenvalue weighted by Crippen LogP contribution is -2.51. The van der Waals surface area contributed by atoms with E-state index in [1.165, 1.54) is 11.4 Å². The fraction of sp³-hybridized carbons (Fsp3) is 0.368. The van der Waals surface area contributed by atoms with Crippen molar-refractivity contribution in [3.63, 3.8) is 0 Å². The molecular weight excluding hydrogens is 382 g/mol. The first kappa shape index (κ1) is 20.2. The largest absolute Gasteiger partial charge is 0.468 e. The Kier molecular flexibility index (Phi) is 6.28. The smallest absolute Gasteiger partial charge is 0.325 e. The predicted octanol–water partition coefficient (Wildman–Crippen LogP) is 0.435. The van der Waals surface area contributed by atoms with Gasteiger partial charge in [-0.05, 0) is 22.9 Å². The average Bonchev–Trinajstić information content (AvgIpc) is 2.72. The van der Waals surface area contributed by atoms with Gasteiger partial charge in [-0.15, -0.1) is 0 Å². The predicted molar refractivity (Wildman–Crippen MR) is 104 cm³/mol. The van der Waals surface area contributed by atoms with Gasteiger partial charge in [0.15, 0.2) is 0 Å². The molecule has 8 nitrogen and oxygen atoms in total. The average molecular weight is 405 g/mol. The maximum atomic E-state index is 12.9. The Morgan fingerprint density at radius 3 is 2.39 bits per heavy atom. The highest BCUT2D eigenvalue weighted by Gasteiger charge is 2.29. The lowest BCUT2D eigenvalue weighted by atomic mass is 10.1. The molecule has 1 aliphatic heterocycles. The zero-order valence-corrected chi connectivity index (χ0v) is 16.4. The van der Waals surface area contributed by atoms with Gasteiger partial charge in [-0.2, -0.15) is 4.31 Å². The number of hydrogen-bond donors (Lipinski definition) is 1. The van der Waals surface area contributed by atoms with Crippen LogP contribution in [0, 0.1) is 0 Å². The summed E-state index contributed by atoms with van der Waals surface area (Å²) in [5, 5.41) is 4.35. The topological polar surface area (TPSA) is 96.0 Å². The number of benzene rings is 2. The van der Waals surface area contributed by atoms with E-state index in [1.54, 1.807) is 12.1 Å². The van der Waals surface area contributed by atoms with Crippen molar-refractivity contribution in [2.45, 2.75) is 4.90 Å². The molecule has 1 heterocycles. The van der Waals surface area contributed by atoms with E-state index >= 15 is 0 Å². The van der Waals surface area contributed by atoms with Gasteiger partial charge in [0.05, 0.1) is 18.6 Å². The monoisotopic (exact) mass is 405 g/mol. The molecule has 0 saturated carbocycles. The number of esters is 1. The summed E-state index contributed by atoms with van der Waals surface area (Å²) in [6, 6.07) is 12.8. The molecule has 150 valence electrons. The second kappa shape index (κ2) is 8.68. The summed E-state index contributed by atoms with van der Waals surface area (Å²) in [6.07, 6.45) is 0. The number of amides is 1. The van der Waals surface area contributed by atoms with Crippen molar-refractivity contribution >= 4 is 32.7 Å². The molecule has 2 aromatic rings. The molecule has 2 aromatic carbocycles. The van der Waals surface area contributed by atoms with Crippen molar-refractivity contribution in [1.29, 1.82) is 0 Å². The van der Waals surface area contributed by atoms with Crippen LogP contribution in [-0.4, -0.2) is 75.9 Å². The number of ether oxygens (including phenoxy) is 1. The number of nitrogens with one attached hydrogen (secondary N) is 1. The Morgan fingerprint density at radius 2 is 1.71 bits per heavy atom. The highest BCUT2D eigenvalue weighted by atomic mass is 32.2. The Labute approximate surface area is 164 Å². The van der Waals surface area contributed by atoms with Gasteiger partial charge in [-0.25, -0.2) is 8.42 Å². The second-order valence-electron chi connectivity index (χ2n) is 6.54. The van der Waals surface area contributed by atoms with E-state index in [0.717, 1.165) is 10.8 Å². The molecule has 0 bridgehead atoms. The van der Waals surface area contributed by atoms with Gasteiger partial charge in [0, 0.05) is 26.2 Å². The van der Waals surface area contributed by atoms with Crippen molar-refractivity contribution in [3.05, 3.63) is 42.5 Å². The van der Waals surface area contributed by atoms with Gasteiger partial charge in [-0.3, -0.25) is 14.5 Å². The summed E-state index contributed by atoms with van der Waals surface area (Å²) in [5.41, 5.74) is 0. The van der Waals surface area contributed by atoms with E-state index in [0.29, 0.717) is 26.2 Å². The molecule has 28 heavy (non-hydrogen) atoms. The molecule has 1 N–H and O–H groups in total. The lowest BCUT2D eigenvalue weighted by Gasteiger charge is -2.33. The van der Waals surface area contributed by atoms with Gasteiger partial charge < -0.3 is 10.1 Å². The molecule has 1 aliphatic rings. The minimum absolute atomic E-state index is 0.112. The first-order valence-corrected chi connectivity index (χ1v) is 10.4. The summed E-state index contributed by atoms with van der Waals surface area (Å²) >= 11 is 0. The molecule has 0 aliphatic carbocycles. The molecule has 1 fully saturated rings. The van der Waals surface area contributed by atoms with Gasteiger partial charge in [-0.1, -0.05) is 30.3 Å². The molecule has 0 aromatic heterocycles. The standard InChI is InChI=1S/C19H23N3O5S/c1-27-19(24)13-20-18(23)14-21-8-10-22(11-9-21)28(25,26)17-7-6-15-4-2-3-5-16(15)12-17/h2-7,12H,8-11,13-14H2,1H3,(H,20,23). The minimum Gasteiger partial charge on any atom is -0.468 e. The normalized spacial score (nSPS) is 16.0. The van der Waals surface area contributed by atoms with Crippen LogP contribution in [0.1, 0.15) is 0 Å². The Balaban J connectivity index is 1.58. The summed E-state index contributed by atoms with van der Waals surface area (Å²) < 4.78 is 31.8. The highest BCUT2D eigenvalue weighted by Crippen LogP contribution is 2.22. The SMILES string of the molecule is COC(=O)CNC(=O)CN1CCN(S(=O)(=O)c2ccc3ccccc3c2)CC1. The maximum Gasteiger partial charge on any atom is 0.325 e. The third kappa shape index (κ3) is 4.67. The van der Waals surface area contributed by atoms with E-state index in [1.807, 2.05) is 35.2 Å². The summed E-state index contributed by atoms with van der Waals surface area (Å²) in [5.74, 6) is -0.809. The second-order valence-corrected chi connectivity index (χ2v) is 8.48. The van der Waals surface area contributed by atoms with Crippen LogP contribution in [0.3, 0.4) is 0 Å². The number of carbonyl (C=O) groups is 2. The van der Waals surface area contributed by atoms with Crippen LogP contribution in [-0.2, 0) is 24.3 Å². The molecule has 0 atom stereocenters. The third-order valence-electron chi connectivity index (χ3n) is 4.71. The number of carbonyl (C=O) groups excluding carboxylic acids is 2. The lowest BCUT2D eigenvalue weighted by molar-refractivity contribution is -0.141. The van der Waals surface area contributed by atoms with E-state index in [9.17, 15) is 18.0 Å². The van der Waals surface area contributed by atoms with E-state index in [2.05, 4.69) is 10.1 Å². The van der Waals surface area contributed by atoms with Crippen LogP contribution >= 0.6 is 0 Å². The Morgan fingerprint density at radius 1 is 1.04 bits per heavy atom. The molecule has 0 unspecified atom stereocenters. The number of hydrogen-bond acceptors (Lipinski definition) is 6. The fourth-order valence-electron chi connectivity index (χ4n) is 3.11. The van der Waals surface area contributed by atoms with E-state index in [-0.39, 0.29) is 23.9 Å². The number of rotatable bonds is 6. The first-order chi connectivity index (χ1) is 13.4. The first-order valence-electron chi connectivity index (χ1n) is 8.95. The van der Waals surface area contributed by atoms with Crippen molar-refractivity contribution in [2.75, 3.05) is 46.4 Å². The number of fused-ring (bicyclic) bond motifs is 1. The molecule has 1 amide bonds. The summed E-state index contributed by atoms with van der Waals surface area (Å²) in [6.45, 7) is 1.43.